The van der Waals surface area contributed by atoms with Gasteiger partial charge in [-0.3, -0.25) is 9.59 Å². The van der Waals surface area contributed by atoms with Gasteiger partial charge in [0.2, 0.25) is 5.91 Å². The first kappa shape index (κ1) is 16.4. The molecule has 5 heteroatoms. The number of nitrogens with zero attached hydrogens (tertiary/aromatic N) is 2. The van der Waals surface area contributed by atoms with Crippen molar-refractivity contribution in [3.05, 3.63) is 41.5 Å². The molecule has 1 aromatic rings. The fraction of sp³-hybridized carbons (Fsp3) is 0.312. The molecule has 0 fully saturated rings. The fourth-order valence-electron chi connectivity index (χ4n) is 1.74. The molecule has 0 N–H and O–H groups in total. The number of ether oxygens (including phenoxy) is 1. The Morgan fingerprint density at radius 3 is 2.52 bits per heavy atom. The molecule has 1 rings (SSSR count). The quantitative estimate of drug-likeness (QED) is 0.611. The van der Waals surface area contributed by atoms with Gasteiger partial charge in [-0.1, -0.05) is 19.1 Å². The zero-order valence-corrected chi connectivity index (χ0v) is 12.4. The first-order valence-electron chi connectivity index (χ1n) is 6.49. The lowest BCUT2D eigenvalue weighted by Crippen LogP contribution is -2.33. The number of carbonyl (C=O) groups excluding carboxylic acids is 2. The molecule has 0 saturated carbocycles. The average Bonchev–Trinajstić information content (AvgIpc) is 2.51. The summed E-state index contributed by atoms with van der Waals surface area (Å²) in [4.78, 5) is 24.7. The van der Waals surface area contributed by atoms with Crippen LogP contribution in [0.3, 0.4) is 0 Å². The van der Waals surface area contributed by atoms with Crippen LogP contribution in [0, 0.1) is 17.2 Å². The molecule has 1 aromatic carbocycles. The van der Waals surface area contributed by atoms with Crippen molar-refractivity contribution in [3.8, 4) is 6.07 Å². The summed E-state index contributed by atoms with van der Waals surface area (Å²) in [5.41, 5.74) is 1.40. The lowest BCUT2D eigenvalue weighted by molar-refractivity contribution is -0.145. The molecule has 0 aromatic heterocycles. The van der Waals surface area contributed by atoms with E-state index >= 15 is 0 Å². The van der Waals surface area contributed by atoms with Crippen LogP contribution in [-0.2, 0) is 14.3 Å². The molecular formula is C16H18N2O3. The SMILES string of the molecule is COC(=O)C(C)CN(C)C(=O)C=Cc1ccc(C#N)cc1. The van der Waals surface area contributed by atoms with Crippen LogP contribution in [-0.4, -0.2) is 37.5 Å². The van der Waals surface area contributed by atoms with E-state index in [2.05, 4.69) is 4.74 Å². The molecule has 0 aliphatic heterocycles. The molecule has 1 atom stereocenters. The smallest absolute Gasteiger partial charge is 0.310 e. The van der Waals surface area contributed by atoms with E-state index in [0.717, 1.165) is 5.56 Å². The van der Waals surface area contributed by atoms with Gasteiger partial charge in [-0.2, -0.15) is 5.26 Å². The van der Waals surface area contributed by atoms with Gasteiger partial charge in [-0.15, -0.1) is 0 Å². The molecule has 0 aliphatic rings. The number of benzene rings is 1. The molecule has 0 heterocycles. The van der Waals surface area contributed by atoms with Crippen LogP contribution in [0.1, 0.15) is 18.1 Å². The second kappa shape index (κ2) is 7.85. The van der Waals surface area contributed by atoms with Gasteiger partial charge in [0.05, 0.1) is 24.7 Å². The fourth-order valence-corrected chi connectivity index (χ4v) is 1.74. The maximum absolute atomic E-state index is 11.9. The van der Waals surface area contributed by atoms with E-state index in [1.165, 1.54) is 18.1 Å². The molecular weight excluding hydrogens is 268 g/mol. The van der Waals surface area contributed by atoms with Crippen molar-refractivity contribution in [2.75, 3.05) is 20.7 Å². The van der Waals surface area contributed by atoms with E-state index < -0.39 is 0 Å². The highest BCUT2D eigenvalue weighted by Crippen LogP contribution is 2.06. The van der Waals surface area contributed by atoms with Crippen LogP contribution in [0.25, 0.3) is 6.08 Å². The third kappa shape index (κ3) is 5.11. The van der Waals surface area contributed by atoms with Crippen LogP contribution >= 0.6 is 0 Å². The van der Waals surface area contributed by atoms with Crippen molar-refractivity contribution in [3.63, 3.8) is 0 Å². The lowest BCUT2D eigenvalue weighted by Gasteiger charge is -2.18. The van der Waals surface area contributed by atoms with E-state index in [-0.39, 0.29) is 17.8 Å². The van der Waals surface area contributed by atoms with Crippen molar-refractivity contribution in [2.24, 2.45) is 5.92 Å². The number of likely N-dealkylation sites (N-methyl/N-ethyl adjacent to an activating group) is 1. The molecule has 1 unspecified atom stereocenters. The Balaban J connectivity index is 2.60. The van der Waals surface area contributed by atoms with Crippen molar-refractivity contribution >= 4 is 18.0 Å². The zero-order valence-electron chi connectivity index (χ0n) is 12.4. The van der Waals surface area contributed by atoms with Crippen LogP contribution in [0.2, 0.25) is 0 Å². The topological polar surface area (TPSA) is 70.4 Å². The molecule has 0 aliphatic carbocycles. The summed E-state index contributed by atoms with van der Waals surface area (Å²) in [5.74, 6) is -0.909. The Morgan fingerprint density at radius 2 is 2.00 bits per heavy atom. The van der Waals surface area contributed by atoms with Crippen LogP contribution < -0.4 is 0 Å². The van der Waals surface area contributed by atoms with Crippen LogP contribution in [0.5, 0.6) is 0 Å². The molecule has 0 saturated heterocycles. The van der Waals surface area contributed by atoms with Crippen molar-refractivity contribution in [1.29, 1.82) is 5.26 Å². The molecule has 110 valence electrons. The Morgan fingerprint density at radius 1 is 1.38 bits per heavy atom. The van der Waals surface area contributed by atoms with Gasteiger partial charge in [0, 0.05) is 19.7 Å². The predicted octanol–water partition coefficient (Wildman–Crippen LogP) is 1.84. The number of nitriles is 1. The van der Waals surface area contributed by atoms with E-state index in [4.69, 9.17) is 5.26 Å². The molecule has 5 nitrogen and oxygen atoms in total. The number of hydrogen-bond donors (Lipinski definition) is 0. The van der Waals surface area contributed by atoms with E-state index in [0.29, 0.717) is 12.1 Å². The average molecular weight is 286 g/mol. The van der Waals surface area contributed by atoms with Crippen molar-refractivity contribution in [1.82, 2.24) is 4.90 Å². The van der Waals surface area contributed by atoms with Gasteiger partial charge < -0.3 is 9.64 Å². The van der Waals surface area contributed by atoms with Crippen LogP contribution in [0.15, 0.2) is 30.3 Å². The highest BCUT2D eigenvalue weighted by Gasteiger charge is 2.17. The Kier molecular flexibility index (Phi) is 6.15. The number of carbonyl (C=O) groups is 2. The Labute approximate surface area is 124 Å². The van der Waals surface area contributed by atoms with E-state index in [9.17, 15) is 9.59 Å². The van der Waals surface area contributed by atoms with Gasteiger partial charge in [0.15, 0.2) is 0 Å². The molecule has 21 heavy (non-hydrogen) atoms. The third-order valence-electron chi connectivity index (χ3n) is 2.99. The Bertz CT molecular complexity index is 570. The maximum Gasteiger partial charge on any atom is 0.310 e. The summed E-state index contributed by atoms with van der Waals surface area (Å²) in [7, 11) is 2.95. The van der Waals surface area contributed by atoms with Gasteiger partial charge in [-0.05, 0) is 23.8 Å². The molecule has 0 radical (unpaired) electrons. The number of esters is 1. The lowest BCUT2D eigenvalue weighted by atomic mass is 10.1. The predicted molar refractivity (Wildman–Crippen MR) is 79.0 cm³/mol. The monoisotopic (exact) mass is 286 g/mol. The summed E-state index contributed by atoms with van der Waals surface area (Å²) in [6.07, 6.45) is 3.11. The minimum atomic E-state index is -0.368. The number of hydrogen-bond acceptors (Lipinski definition) is 4. The number of rotatable bonds is 5. The maximum atomic E-state index is 11.9. The normalized spacial score (nSPS) is 11.7. The molecule has 1 amide bonds. The summed E-state index contributed by atoms with van der Waals surface area (Å²) < 4.78 is 4.62. The first-order valence-corrected chi connectivity index (χ1v) is 6.49. The van der Waals surface area contributed by atoms with Gasteiger partial charge in [0.1, 0.15) is 0 Å². The second-order valence-corrected chi connectivity index (χ2v) is 4.71. The third-order valence-corrected chi connectivity index (χ3v) is 2.99. The second-order valence-electron chi connectivity index (χ2n) is 4.71. The minimum Gasteiger partial charge on any atom is -0.469 e. The highest BCUT2D eigenvalue weighted by atomic mass is 16.5. The summed E-state index contributed by atoms with van der Waals surface area (Å²) in [6.45, 7) is 2.00. The summed E-state index contributed by atoms with van der Waals surface area (Å²) in [6, 6.07) is 8.93. The minimum absolute atomic E-state index is 0.199. The number of methoxy groups -OCH3 is 1. The molecule has 0 spiro atoms. The first-order chi connectivity index (χ1) is 9.97. The molecule has 0 bridgehead atoms. The van der Waals surface area contributed by atoms with Crippen molar-refractivity contribution < 1.29 is 14.3 Å². The number of amides is 1. The Hall–Kier alpha value is -2.61. The van der Waals surface area contributed by atoms with Gasteiger partial charge in [0.25, 0.3) is 0 Å². The summed E-state index contributed by atoms with van der Waals surface area (Å²) >= 11 is 0. The summed E-state index contributed by atoms with van der Waals surface area (Å²) in [5, 5.41) is 8.70. The van der Waals surface area contributed by atoms with E-state index in [1.807, 2.05) is 6.07 Å². The zero-order chi connectivity index (χ0) is 15.8. The van der Waals surface area contributed by atoms with E-state index in [1.54, 1.807) is 44.3 Å². The van der Waals surface area contributed by atoms with Crippen LogP contribution in [0.4, 0.5) is 0 Å². The largest absolute Gasteiger partial charge is 0.469 e. The van der Waals surface area contributed by atoms with Gasteiger partial charge >= 0.3 is 5.97 Å². The highest BCUT2D eigenvalue weighted by molar-refractivity contribution is 5.91. The van der Waals surface area contributed by atoms with Crippen molar-refractivity contribution in [2.45, 2.75) is 6.92 Å². The standard InChI is InChI=1S/C16H18N2O3/c1-12(16(20)21-3)11-18(2)15(19)9-8-13-4-6-14(10-17)7-5-13/h4-9,12H,11H2,1-3H3. The van der Waals surface area contributed by atoms with Gasteiger partial charge in [-0.25, -0.2) is 0 Å².